The van der Waals surface area contributed by atoms with Crippen molar-refractivity contribution in [2.45, 2.75) is 6.92 Å². The summed E-state index contributed by atoms with van der Waals surface area (Å²) in [4.78, 5) is 0. The van der Waals surface area contributed by atoms with E-state index >= 15 is 0 Å². The Morgan fingerprint density at radius 1 is 1.06 bits per heavy atom. The van der Waals surface area contributed by atoms with Crippen molar-refractivity contribution < 1.29 is 9.84 Å². The van der Waals surface area contributed by atoms with Gasteiger partial charge in [0.25, 0.3) is 0 Å². The molecule has 0 aromatic heterocycles. The van der Waals surface area contributed by atoms with Gasteiger partial charge in [-0.1, -0.05) is 36.4 Å². The van der Waals surface area contributed by atoms with Crippen molar-refractivity contribution in [2.24, 2.45) is 0 Å². The zero-order chi connectivity index (χ0) is 12.1. The fourth-order valence-electron chi connectivity index (χ4n) is 1.53. The van der Waals surface area contributed by atoms with E-state index in [9.17, 15) is 5.11 Å². The Balaban J connectivity index is 2.23. The molecule has 2 aromatic rings. The highest BCUT2D eigenvalue weighted by atomic mass is 16.5. The van der Waals surface area contributed by atoms with E-state index < -0.39 is 0 Å². The third kappa shape index (κ3) is 2.88. The number of phenolic OH excluding ortho intramolecular Hbond substituents is 1. The average Bonchev–Trinajstić information content (AvgIpc) is 2.34. The van der Waals surface area contributed by atoms with E-state index in [1.165, 1.54) is 0 Å². The summed E-state index contributed by atoms with van der Waals surface area (Å²) in [6.45, 7) is 1.94. The van der Waals surface area contributed by atoms with E-state index in [-0.39, 0.29) is 5.75 Å². The summed E-state index contributed by atoms with van der Waals surface area (Å²) in [5.74, 6) is 1.32. The molecule has 17 heavy (non-hydrogen) atoms. The number of aromatic hydroxyl groups is 1. The van der Waals surface area contributed by atoms with E-state index in [0.29, 0.717) is 11.5 Å². The monoisotopic (exact) mass is 226 g/mol. The molecule has 0 radical (unpaired) electrons. The maximum atomic E-state index is 9.82. The van der Waals surface area contributed by atoms with Crippen LogP contribution in [0.1, 0.15) is 12.5 Å². The lowest BCUT2D eigenvalue weighted by Gasteiger charge is -2.07. The predicted octanol–water partition coefficient (Wildman–Crippen LogP) is 4.22. The summed E-state index contributed by atoms with van der Waals surface area (Å²) in [5.41, 5.74) is 0.949. The van der Waals surface area contributed by atoms with Crippen LogP contribution in [0.15, 0.2) is 54.6 Å². The molecule has 2 rings (SSSR count). The van der Waals surface area contributed by atoms with Gasteiger partial charge in [0.2, 0.25) is 0 Å². The average molecular weight is 226 g/mol. The lowest BCUT2D eigenvalue weighted by molar-refractivity contribution is 0.411. The first kappa shape index (κ1) is 11.3. The van der Waals surface area contributed by atoms with E-state index in [1.807, 2.05) is 55.5 Å². The van der Waals surface area contributed by atoms with Gasteiger partial charge in [-0.05, 0) is 36.8 Å². The number of phenols is 1. The number of para-hydroxylation sites is 1. The number of benzene rings is 2. The second-order valence-electron chi connectivity index (χ2n) is 3.64. The Morgan fingerprint density at radius 3 is 2.47 bits per heavy atom. The van der Waals surface area contributed by atoms with E-state index in [4.69, 9.17) is 4.74 Å². The number of hydrogen-bond acceptors (Lipinski definition) is 2. The van der Waals surface area contributed by atoms with Crippen molar-refractivity contribution in [3.05, 3.63) is 60.2 Å². The molecule has 0 saturated carbocycles. The summed E-state index contributed by atoms with van der Waals surface area (Å²) < 4.78 is 5.57. The first-order chi connectivity index (χ1) is 8.29. The predicted molar refractivity (Wildman–Crippen MR) is 69.3 cm³/mol. The fraction of sp³-hybridized carbons (Fsp3) is 0.0667. The van der Waals surface area contributed by atoms with Crippen LogP contribution in [0.2, 0.25) is 0 Å². The summed E-state index contributed by atoms with van der Waals surface area (Å²) in [6, 6.07) is 14.7. The molecular weight excluding hydrogens is 212 g/mol. The van der Waals surface area contributed by atoms with Gasteiger partial charge in [-0.15, -0.1) is 0 Å². The molecule has 0 aliphatic rings. The highest BCUT2D eigenvalue weighted by Crippen LogP contribution is 2.31. The van der Waals surface area contributed by atoms with Gasteiger partial charge in [0, 0.05) is 0 Å². The third-order valence-electron chi connectivity index (χ3n) is 2.31. The number of rotatable bonds is 3. The van der Waals surface area contributed by atoms with Crippen molar-refractivity contribution in [1.29, 1.82) is 0 Å². The van der Waals surface area contributed by atoms with Crippen LogP contribution < -0.4 is 4.74 Å². The molecule has 0 saturated heterocycles. The smallest absolute Gasteiger partial charge is 0.169 e. The molecule has 0 fully saturated rings. The Hall–Kier alpha value is -2.22. The van der Waals surface area contributed by atoms with Crippen molar-refractivity contribution >= 4 is 6.08 Å². The van der Waals surface area contributed by atoms with Crippen molar-refractivity contribution in [2.75, 3.05) is 0 Å². The molecule has 0 heterocycles. The second-order valence-corrected chi connectivity index (χ2v) is 3.64. The van der Waals surface area contributed by atoms with Crippen LogP contribution in [0.25, 0.3) is 6.08 Å². The molecule has 86 valence electrons. The highest BCUT2D eigenvalue weighted by Gasteiger charge is 2.03. The summed E-state index contributed by atoms with van der Waals surface area (Å²) in [7, 11) is 0. The van der Waals surface area contributed by atoms with E-state index in [1.54, 1.807) is 12.1 Å². The van der Waals surface area contributed by atoms with Crippen LogP contribution in [0.3, 0.4) is 0 Å². The molecule has 0 aliphatic heterocycles. The van der Waals surface area contributed by atoms with Gasteiger partial charge < -0.3 is 9.84 Å². The molecule has 2 nitrogen and oxygen atoms in total. The quantitative estimate of drug-likeness (QED) is 0.849. The zero-order valence-corrected chi connectivity index (χ0v) is 9.63. The van der Waals surface area contributed by atoms with Gasteiger partial charge in [-0.3, -0.25) is 0 Å². The lowest BCUT2D eigenvalue weighted by Crippen LogP contribution is -1.84. The molecule has 0 bridgehead atoms. The van der Waals surface area contributed by atoms with Crippen LogP contribution in [0.5, 0.6) is 17.2 Å². The zero-order valence-electron chi connectivity index (χ0n) is 9.63. The van der Waals surface area contributed by atoms with Crippen molar-refractivity contribution in [3.63, 3.8) is 0 Å². The Kier molecular flexibility index (Phi) is 3.46. The highest BCUT2D eigenvalue weighted by molar-refractivity contribution is 5.55. The number of ether oxygens (including phenoxy) is 1. The topological polar surface area (TPSA) is 29.5 Å². The van der Waals surface area contributed by atoms with Crippen LogP contribution >= 0.6 is 0 Å². The molecule has 0 amide bonds. The minimum atomic E-state index is 0.143. The molecule has 0 atom stereocenters. The molecule has 1 N–H and O–H groups in total. The Bertz CT molecular complexity index is 516. The molecule has 0 spiro atoms. The van der Waals surface area contributed by atoms with Crippen LogP contribution in [-0.2, 0) is 0 Å². The Labute approximate surface area is 101 Å². The normalized spacial score (nSPS) is 10.6. The molecule has 2 aromatic carbocycles. The number of allylic oxidation sites excluding steroid dienone is 1. The summed E-state index contributed by atoms with van der Waals surface area (Å²) in [5, 5.41) is 9.82. The number of hydrogen-bond donors (Lipinski definition) is 1. The molecule has 0 aliphatic carbocycles. The van der Waals surface area contributed by atoms with Gasteiger partial charge in [-0.2, -0.15) is 0 Å². The largest absolute Gasteiger partial charge is 0.504 e. The third-order valence-corrected chi connectivity index (χ3v) is 2.31. The van der Waals surface area contributed by atoms with Crippen LogP contribution in [0, 0.1) is 0 Å². The lowest BCUT2D eigenvalue weighted by atomic mass is 10.2. The molecule has 2 heteroatoms. The maximum absolute atomic E-state index is 9.82. The fourth-order valence-corrected chi connectivity index (χ4v) is 1.53. The SMILES string of the molecule is CC=Cc1ccc(Oc2ccccc2)c(O)c1. The van der Waals surface area contributed by atoms with Gasteiger partial charge >= 0.3 is 0 Å². The first-order valence-electron chi connectivity index (χ1n) is 5.48. The van der Waals surface area contributed by atoms with E-state index in [0.717, 1.165) is 5.56 Å². The van der Waals surface area contributed by atoms with Gasteiger partial charge in [-0.25, -0.2) is 0 Å². The molecular formula is C15H14O2. The second kappa shape index (κ2) is 5.21. The standard InChI is InChI=1S/C15H14O2/c1-2-6-12-9-10-15(14(16)11-12)17-13-7-4-3-5-8-13/h2-11,16H,1H3. The minimum Gasteiger partial charge on any atom is -0.504 e. The summed E-state index contributed by atoms with van der Waals surface area (Å²) in [6.07, 6.45) is 3.85. The van der Waals surface area contributed by atoms with Gasteiger partial charge in [0.1, 0.15) is 5.75 Å². The Morgan fingerprint density at radius 2 is 1.82 bits per heavy atom. The maximum Gasteiger partial charge on any atom is 0.169 e. The minimum absolute atomic E-state index is 0.143. The van der Waals surface area contributed by atoms with Gasteiger partial charge in [0.05, 0.1) is 0 Å². The van der Waals surface area contributed by atoms with Crippen LogP contribution in [0.4, 0.5) is 0 Å². The van der Waals surface area contributed by atoms with Gasteiger partial charge in [0.15, 0.2) is 11.5 Å². The first-order valence-corrected chi connectivity index (χ1v) is 5.48. The van der Waals surface area contributed by atoms with E-state index in [2.05, 4.69) is 0 Å². The van der Waals surface area contributed by atoms with Crippen molar-refractivity contribution in [3.8, 4) is 17.2 Å². The summed E-state index contributed by atoms with van der Waals surface area (Å²) >= 11 is 0. The van der Waals surface area contributed by atoms with Crippen molar-refractivity contribution in [1.82, 2.24) is 0 Å². The van der Waals surface area contributed by atoms with Crippen LogP contribution in [-0.4, -0.2) is 5.11 Å². The molecule has 0 unspecified atom stereocenters.